The van der Waals surface area contributed by atoms with Gasteiger partial charge in [-0.2, -0.15) is 17.7 Å². The fourth-order valence-corrected chi connectivity index (χ4v) is 3.65. The summed E-state index contributed by atoms with van der Waals surface area (Å²) in [5.74, 6) is 2.06. The Labute approximate surface area is 106 Å². The van der Waals surface area contributed by atoms with Crippen molar-refractivity contribution in [2.45, 2.75) is 17.7 Å². The second-order valence-corrected chi connectivity index (χ2v) is 5.77. The van der Waals surface area contributed by atoms with Crippen LogP contribution in [0, 0.1) is 5.41 Å². The van der Waals surface area contributed by atoms with Crippen molar-refractivity contribution >= 4 is 24.4 Å². The maximum atomic E-state index is 5.42. The van der Waals surface area contributed by atoms with Gasteiger partial charge in [-0.05, 0) is 24.0 Å². The van der Waals surface area contributed by atoms with Gasteiger partial charge in [0.1, 0.15) is 0 Å². The fraction of sp³-hybridized carbons (Fsp3) is 0.727. The molecule has 1 aliphatic heterocycles. The van der Waals surface area contributed by atoms with E-state index >= 15 is 0 Å². The smallest absolute Gasteiger partial charge is 0.0625 e. The summed E-state index contributed by atoms with van der Waals surface area (Å²) < 4.78 is 7.27. The zero-order valence-corrected chi connectivity index (χ0v) is 11.3. The van der Waals surface area contributed by atoms with Crippen molar-refractivity contribution in [3.05, 3.63) is 12.4 Å². The van der Waals surface area contributed by atoms with Crippen LogP contribution in [0.5, 0.6) is 0 Å². The summed E-state index contributed by atoms with van der Waals surface area (Å²) in [4.78, 5) is 1.25. The van der Waals surface area contributed by atoms with Crippen molar-refractivity contribution in [3.63, 3.8) is 0 Å². The molecule has 2 heterocycles. The first-order valence-electron chi connectivity index (χ1n) is 5.54. The molecule has 16 heavy (non-hydrogen) atoms. The molecule has 0 unspecified atom stereocenters. The monoisotopic (exact) mass is 258 g/mol. The molecule has 0 N–H and O–H groups in total. The van der Waals surface area contributed by atoms with Crippen LogP contribution in [0.4, 0.5) is 0 Å². The number of ether oxygens (including phenoxy) is 1. The van der Waals surface area contributed by atoms with Crippen LogP contribution in [0.15, 0.2) is 17.3 Å². The maximum absolute atomic E-state index is 5.42. The summed E-state index contributed by atoms with van der Waals surface area (Å²) in [6.07, 6.45) is 6.25. The number of aryl methyl sites for hydroxylation is 1. The lowest BCUT2D eigenvalue weighted by atomic mass is 9.84. The van der Waals surface area contributed by atoms with Gasteiger partial charge in [-0.25, -0.2) is 0 Å². The zero-order valence-electron chi connectivity index (χ0n) is 9.56. The van der Waals surface area contributed by atoms with Gasteiger partial charge in [-0.3, -0.25) is 4.68 Å². The van der Waals surface area contributed by atoms with Gasteiger partial charge in [0, 0.05) is 37.1 Å². The third-order valence-corrected chi connectivity index (χ3v) is 5.09. The van der Waals surface area contributed by atoms with E-state index in [1.54, 1.807) is 0 Å². The van der Waals surface area contributed by atoms with Crippen LogP contribution < -0.4 is 0 Å². The molecule has 0 bridgehead atoms. The first kappa shape index (κ1) is 12.3. The topological polar surface area (TPSA) is 27.1 Å². The van der Waals surface area contributed by atoms with E-state index in [1.165, 1.54) is 4.90 Å². The molecule has 5 heteroatoms. The Morgan fingerprint density at radius 2 is 2.31 bits per heavy atom. The zero-order chi connectivity index (χ0) is 11.4. The van der Waals surface area contributed by atoms with Crippen LogP contribution in [0.25, 0.3) is 0 Å². The van der Waals surface area contributed by atoms with Gasteiger partial charge in [0.15, 0.2) is 0 Å². The molecule has 2 rings (SSSR count). The fourth-order valence-electron chi connectivity index (χ4n) is 1.86. The Morgan fingerprint density at radius 3 is 2.88 bits per heavy atom. The Bertz CT molecular complexity index is 334. The van der Waals surface area contributed by atoms with Gasteiger partial charge in [-0.15, -0.1) is 11.8 Å². The molecule has 3 nitrogen and oxygen atoms in total. The van der Waals surface area contributed by atoms with E-state index in [1.807, 2.05) is 29.7 Å². The SMILES string of the molecule is Cn1cc(SCC2(CS)CCOCC2)cn1. The summed E-state index contributed by atoms with van der Waals surface area (Å²) in [6.45, 7) is 1.77. The standard InChI is InChI=1S/C11H18N2OS2/c1-13-7-10(6-12-13)16-9-11(8-15)2-4-14-5-3-11/h6-7,15H,2-5,8-9H2,1H3. The van der Waals surface area contributed by atoms with E-state index in [2.05, 4.69) is 23.9 Å². The van der Waals surface area contributed by atoms with E-state index < -0.39 is 0 Å². The Hall–Kier alpha value is -0.130. The van der Waals surface area contributed by atoms with Gasteiger partial charge in [0.05, 0.1) is 6.20 Å². The van der Waals surface area contributed by atoms with Crippen LogP contribution in [-0.4, -0.2) is 34.5 Å². The number of thioether (sulfide) groups is 1. The molecule has 0 spiro atoms. The highest BCUT2D eigenvalue weighted by Gasteiger charge is 2.31. The summed E-state index contributed by atoms with van der Waals surface area (Å²) in [5, 5.41) is 4.18. The van der Waals surface area contributed by atoms with Crippen LogP contribution in [0.3, 0.4) is 0 Å². The molecule has 0 atom stereocenters. The highest BCUT2D eigenvalue weighted by atomic mass is 32.2. The lowest BCUT2D eigenvalue weighted by Crippen LogP contribution is -2.33. The molecular formula is C11H18N2OS2. The molecule has 1 fully saturated rings. The first-order chi connectivity index (χ1) is 7.74. The van der Waals surface area contributed by atoms with Crippen molar-refractivity contribution in [3.8, 4) is 0 Å². The molecule has 0 aromatic carbocycles. The van der Waals surface area contributed by atoms with Crippen molar-refractivity contribution < 1.29 is 4.74 Å². The van der Waals surface area contributed by atoms with E-state index in [0.717, 1.165) is 37.6 Å². The van der Waals surface area contributed by atoms with E-state index in [4.69, 9.17) is 4.74 Å². The third-order valence-electron chi connectivity index (χ3n) is 3.12. The molecular weight excluding hydrogens is 240 g/mol. The minimum atomic E-state index is 0.349. The minimum Gasteiger partial charge on any atom is -0.381 e. The molecule has 90 valence electrons. The molecule has 1 saturated heterocycles. The average molecular weight is 258 g/mol. The van der Waals surface area contributed by atoms with Gasteiger partial charge in [0.25, 0.3) is 0 Å². The highest BCUT2D eigenvalue weighted by Crippen LogP contribution is 2.37. The van der Waals surface area contributed by atoms with Gasteiger partial charge >= 0.3 is 0 Å². The van der Waals surface area contributed by atoms with Gasteiger partial charge < -0.3 is 4.74 Å². The van der Waals surface area contributed by atoms with Crippen LogP contribution >= 0.6 is 24.4 Å². The van der Waals surface area contributed by atoms with Gasteiger partial charge in [0.2, 0.25) is 0 Å². The predicted molar refractivity (Wildman–Crippen MR) is 70.3 cm³/mol. The van der Waals surface area contributed by atoms with Crippen molar-refractivity contribution in [2.24, 2.45) is 12.5 Å². The minimum absolute atomic E-state index is 0.349. The Morgan fingerprint density at radius 1 is 1.56 bits per heavy atom. The summed E-state index contributed by atoms with van der Waals surface area (Å²) in [7, 11) is 1.95. The average Bonchev–Trinajstić information content (AvgIpc) is 2.74. The Kier molecular flexibility index (Phi) is 4.21. The van der Waals surface area contributed by atoms with Crippen molar-refractivity contribution in [1.29, 1.82) is 0 Å². The first-order valence-corrected chi connectivity index (χ1v) is 7.16. The van der Waals surface area contributed by atoms with E-state index in [9.17, 15) is 0 Å². The second-order valence-electron chi connectivity index (χ2n) is 4.41. The number of nitrogens with zero attached hydrogens (tertiary/aromatic N) is 2. The largest absolute Gasteiger partial charge is 0.381 e. The Balaban J connectivity index is 1.91. The van der Waals surface area contributed by atoms with Crippen molar-refractivity contribution in [2.75, 3.05) is 24.7 Å². The van der Waals surface area contributed by atoms with E-state index in [-0.39, 0.29) is 0 Å². The van der Waals surface area contributed by atoms with E-state index in [0.29, 0.717) is 5.41 Å². The van der Waals surface area contributed by atoms with Gasteiger partial charge in [-0.1, -0.05) is 0 Å². The number of aromatic nitrogens is 2. The molecule has 0 radical (unpaired) electrons. The number of hydrogen-bond acceptors (Lipinski definition) is 4. The molecule has 0 saturated carbocycles. The van der Waals surface area contributed by atoms with Crippen molar-refractivity contribution in [1.82, 2.24) is 9.78 Å². The number of rotatable bonds is 4. The predicted octanol–water partition coefficient (Wildman–Crippen LogP) is 2.24. The molecule has 1 aromatic rings. The normalized spacial score (nSPS) is 19.9. The third kappa shape index (κ3) is 2.96. The molecule has 0 amide bonds. The summed E-state index contributed by atoms with van der Waals surface area (Å²) in [6, 6.07) is 0. The summed E-state index contributed by atoms with van der Waals surface area (Å²) >= 11 is 6.39. The van der Waals surface area contributed by atoms with Crippen LogP contribution in [0.2, 0.25) is 0 Å². The quantitative estimate of drug-likeness (QED) is 0.663. The molecule has 1 aliphatic rings. The highest BCUT2D eigenvalue weighted by molar-refractivity contribution is 7.99. The molecule has 0 aliphatic carbocycles. The van der Waals surface area contributed by atoms with Crippen LogP contribution in [-0.2, 0) is 11.8 Å². The second kappa shape index (κ2) is 5.47. The summed E-state index contributed by atoms with van der Waals surface area (Å²) in [5.41, 5.74) is 0.349. The number of thiol groups is 1. The maximum Gasteiger partial charge on any atom is 0.0625 e. The lowest BCUT2D eigenvalue weighted by Gasteiger charge is -2.35. The van der Waals surface area contributed by atoms with Crippen LogP contribution in [0.1, 0.15) is 12.8 Å². The molecule has 1 aromatic heterocycles. The number of hydrogen-bond donors (Lipinski definition) is 1. The lowest BCUT2D eigenvalue weighted by molar-refractivity contribution is 0.0371.